The molecule has 3 rings (SSSR count). The number of aromatic nitrogens is 2. The van der Waals surface area contributed by atoms with E-state index < -0.39 is 0 Å². The van der Waals surface area contributed by atoms with Gasteiger partial charge in [-0.3, -0.25) is 0 Å². The molecule has 4 nitrogen and oxygen atoms in total. The van der Waals surface area contributed by atoms with Gasteiger partial charge in [0.05, 0.1) is 0 Å². The topological polar surface area (TPSA) is 63.8 Å². The van der Waals surface area contributed by atoms with Crippen molar-refractivity contribution in [3.63, 3.8) is 0 Å². The largest absolute Gasteiger partial charge is 0.383 e. The van der Waals surface area contributed by atoms with Gasteiger partial charge in [-0.2, -0.15) is 0 Å². The van der Waals surface area contributed by atoms with E-state index in [4.69, 9.17) is 5.73 Å². The molecular weight excluding hydrogens is 304 g/mol. The Kier molecular flexibility index (Phi) is 2.82. The van der Waals surface area contributed by atoms with Crippen LogP contribution >= 0.6 is 15.9 Å². The first-order valence-corrected chi connectivity index (χ1v) is 7.66. The van der Waals surface area contributed by atoms with Crippen LogP contribution in [0.15, 0.2) is 10.8 Å². The molecule has 0 saturated heterocycles. The molecule has 104 valence electrons. The Labute approximate surface area is 122 Å². The van der Waals surface area contributed by atoms with E-state index in [1.807, 2.05) is 0 Å². The first-order valence-electron chi connectivity index (χ1n) is 6.87. The zero-order chi connectivity index (χ0) is 13.8. The Balaban J connectivity index is 1.93. The molecule has 2 bridgehead atoms. The van der Waals surface area contributed by atoms with Crippen molar-refractivity contribution >= 4 is 27.6 Å². The summed E-state index contributed by atoms with van der Waals surface area (Å²) in [4.78, 5) is 8.33. The summed E-state index contributed by atoms with van der Waals surface area (Å²) in [6.45, 7) is 7.15. The summed E-state index contributed by atoms with van der Waals surface area (Å²) in [5.74, 6) is 2.12. The summed E-state index contributed by atoms with van der Waals surface area (Å²) in [6, 6.07) is 0.435. The van der Waals surface area contributed by atoms with Crippen LogP contribution in [0.5, 0.6) is 0 Å². The lowest BCUT2D eigenvalue weighted by Gasteiger charge is -2.43. The van der Waals surface area contributed by atoms with Crippen molar-refractivity contribution in [1.82, 2.24) is 9.97 Å². The van der Waals surface area contributed by atoms with Gasteiger partial charge < -0.3 is 11.1 Å². The van der Waals surface area contributed by atoms with Crippen LogP contribution in [0.3, 0.4) is 0 Å². The fourth-order valence-electron chi connectivity index (χ4n) is 4.28. The lowest BCUT2D eigenvalue weighted by molar-refractivity contribution is 0.155. The number of rotatable bonds is 2. The molecule has 0 aromatic carbocycles. The Morgan fingerprint density at radius 2 is 2.11 bits per heavy atom. The fraction of sp³-hybridized carbons (Fsp3) is 0.714. The Hall–Kier alpha value is -0.840. The van der Waals surface area contributed by atoms with Crippen LogP contribution in [-0.2, 0) is 0 Å². The maximum absolute atomic E-state index is 5.83. The Morgan fingerprint density at radius 3 is 2.74 bits per heavy atom. The van der Waals surface area contributed by atoms with E-state index in [-0.39, 0.29) is 0 Å². The van der Waals surface area contributed by atoms with Gasteiger partial charge in [0.25, 0.3) is 0 Å². The third-order valence-corrected chi connectivity index (χ3v) is 6.15. The van der Waals surface area contributed by atoms with Gasteiger partial charge in [-0.25, -0.2) is 9.97 Å². The van der Waals surface area contributed by atoms with Crippen LogP contribution in [0.2, 0.25) is 0 Å². The quantitative estimate of drug-likeness (QED) is 0.874. The van der Waals surface area contributed by atoms with Gasteiger partial charge in [0.2, 0.25) is 0 Å². The second-order valence-electron chi connectivity index (χ2n) is 6.91. The van der Waals surface area contributed by atoms with Crippen LogP contribution < -0.4 is 11.1 Å². The van der Waals surface area contributed by atoms with Crippen LogP contribution in [0, 0.1) is 16.7 Å². The molecule has 19 heavy (non-hydrogen) atoms. The van der Waals surface area contributed by atoms with Gasteiger partial charge in [-0.15, -0.1) is 0 Å². The number of hydrogen-bond donors (Lipinski definition) is 2. The molecular formula is C14H21BrN4. The molecule has 0 aliphatic heterocycles. The first kappa shape index (κ1) is 13.2. The summed E-state index contributed by atoms with van der Waals surface area (Å²) in [5.41, 5.74) is 6.50. The molecule has 3 atom stereocenters. The maximum Gasteiger partial charge on any atom is 0.146 e. The second-order valence-corrected chi connectivity index (χ2v) is 7.71. The number of anilines is 2. The average molecular weight is 325 g/mol. The number of nitrogens with one attached hydrogen (secondary N) is 1. The van der Waals surface area contributed by atoms with Crippen molar-refractivity contribution in [2.75, 3.05) is 11.1 Å². The zero-order valence-electron chi connectivity index (χ0n) is 11.7. The highest BCUT2D eigenvalue weighted by atomic mass is 79.9. The average Bonchev–Trinajstić information content (AvgIpc) is 2.81. The van der Waals surface area contributed by atoms with Crippen molar-refractivity contribution in [1.29, 1.82) is 0 Å². The molecule has 2 aliphatic rings. The predicted octanol–water partition coefficient (Wildman–Crippen LogP) is 3.45. The van der Waals surface area contributed by atoms with Crippen LogP contribution in [-0.4, -0.2) is 16.0 Å². The minimum absolute atomic E-state index is 0.298. The standard InChI is InChI=1S/C14H21BrN4/c1-13(2)8-4-5-14(3,6-8)12(13)19-11-9(15)10(16)17-7-18-11/h7-8,12H,4-6H2,1-3H3,(H3,16,17,18,19). The predicted molar refractivity (Wildman–Crippen MR) is 80.8 cm³/mol. The minimum Gasteiger partial charge on any atom is -0.383 e. The Morgan fingerprint density at radius 1 is 1.37 bits per heavy atom. The molecule has 0 radical (unpaired) electrons. The molecule has 2 saturated carbocycles. The van der Waals surface area contributed by atoms with Crippen molar-refractivity contribution in [3.8, 4) is 0 Å². The highest BCUT2D eigenvalue weighted by Gasteiger charge is 2.59. The van der Waals surface area contributed by atoms with E-state index in [1.54, 1.807) is 0 Å². The number of nitrogens with zero attached hydrogens (tertiary/aromatic N) is 2. The molecule has 2 aliphatic carbocycles. The van der Waals surface area contributed by atoms with E-state index in [2.05, 4.69) is 52.0 Å². The number of nitrogens with two attached hydrogens (primary N) is 1. The fourth-order valence-corrected chi connectivity index (χ4v) is 4.60. The monoisotopic (exact) mass is 324 g/mol. The summed E-state index contributed by atoms with van der Waals surface area (Å²) in [7, 11) is 0. The third kappa shape index (κ3) is 1.85. The zero-order valence-corrected chi connectivity index (χ0v) is 13.3. The third-order valence-electron chi connectivity index (χ3n) is 5.37. The van der Waals surface area contributed by atoms with Crippen molar-refractivity contribution in [2.24, 2.45) is 16.7 Å². The smallest absolute Gasteiger partial charge is 0.146 e. The lowest BCUT2D eigenvalue weighted by atomic mass is 9.68. The lowest BCUT2D eigenvalue weighted by Crippen LogP contribution is -2.46. The highest BCUT2D eigenvalue weighted by Crippen LogP contribution is 2.63. The van der Waals surface area contributed by atoms with Gasteiger partial charge in [0.1, 0.15) is 22.4 Å². The van der Waals surface area contributed by atoms with Gasteiger partial charge >= 0.3 is 0 Å². The number of fused-ring (bicyclic) bond motifs is 2. The maximum atomic E-state index is 5.83. The molecule has 3 unspecified atom stereocenters. The number of halogens is 1. The van der Waals surface area contributed by atoms with Crippen molar-refractivity contribution in [2.45, 2.75) is 46.1 Å². The Bertz CT molecular complexity index is 511. The molecule has 5 heteroatoms. The molecule has 1 aromatic heterocycles. The molecule has 1 heterocycles. The summed E-state index contributed by atoms with van der Waals surface area (Å²) >= 11 is 3.48. The van der Waals surface area contributed by atoms with E-state index in [9.17, 15) is 0 Å². The van der Waals surface area contributed by atoms with E-state index in [1.165, 1.54) is 25.6 Å². The molecule has 0 amide bonds. The highest BCUT2D eigenvalue weighted by molar-refractivity contribution is 9.10. The van der Waals surface area contributed by atoms with Gasteiger partial charge in [0, 0.05) is 6.04 Å². The van der Waals surface area contributed by atoms with Crippen molar-refractivity contribution in [3.05, 3.63) is 10.8 Å². The van der Waals surface area contributed by atoms with E-state index in [0.29, 0.717) is 22.7 Å². The van der Waals surface area contributed by atoms with Crippen LogP contribution in [0.25, 0.3) is 0 Å². The number of nitrogen functional groups attached to an aromatic ring is 1. The SMILES string of the molecule is CC12CCC(C1)C(C)(C)C2Nc1ncnc(N)c1Br. The molecule has 2 fully saturated rings. The van der Waals surface area contributed by atoms with Gasteiger partial charge in [-0.1, -0.05) is 20.8 Å². The second kappa shape index (κ2) is 4.08. The summed E-state index contributed by atoms with van der Waals surface area (Å²) in [6.07, 6.45) is 5.49. The normalized spacial score (nSPS) is 35.6. The van der Waals surface area contributed by atoms with E-state index >= 15 is 0 Å². The van der Waals surface area contributed by atoms with Gasteiger partial charge in [0.15, 0.2) is 0 Å². The van der Waals surface area contributed by atoms with E-state index in [0.717, 1.165) is 16.2 Å². The van der Waals surface area contributed by atoms with Crippen LogP contribution in [0.1, 0.15) is 40.0 Å². The molecule has 0 spiro atoms. The summed E-state index contributed by atoms with van der Waals surface area (Å²) in [5, 5.41) is 3.63. The van der Waals surface area contributed by atoms with Crippen LogP contribution in [0.4, 0.5) is 11.6 Å². The first-order chi connectivity index (χ1) is 8.84. The number of hydrogen-bond acceptors (Lipinski definition) is 4. The minimum atomic E-state index is 0.298. The molecule has 1 aromatic rings. The molecule has 3 N–H and O–H groups in total. The van der Waals surface area contributed by atoms with Crippen molar-refractivity contribution < 1.29 is 0 Å². The van der Waals surface area contributed by atoms with Gasteiger partial charge in [-0.05, 0) is 51.9 Å². The summed E-state index contributed by atoms with van der Waals surface area (Å²) < 4.78 is 0.775.